The van der Waals surface area contributed by atoms with Crippen LogP contribution in [0.25, 0.3) is 11.1 Å². The Morgan fingerprint density at radius 3 is 1.96 bits per heavy atom. The monoisotopic (exact) mass is 687 g/mol. The molecule has 1 amide bonds. The largest absolute Gasteiger partial charge is 0.542 e. The first-order chi connectivity index (χ1) is 23.5. The Hall–Kier alpha value is -4.35. The first-order valence-corrected chi connectivity index (χ1v) is 17.2. The first-order valence-electron chi connectivity index (χ1n) is 17.2. The molecular formula is C37H48F3N3O6. The molecule has 0 saturated heterocycles. The molecule has 1 aromatic heterocycles. The van der Waals surface area contributed by atoms with Crippen molar-refractivity contribution in [2.24, 2.45) is 0 Å². The third-order valence-electron chi connectivity index (χ3n) is 8.57. The molecule has 4 rings (SSSR count). The number of ether oxygens (including phenoxy) is 1. The standard InChI is InChI=1S/C35H47N3O4.C2HF3O2/c1-3-5-7-9-15-21-37-24-27(38(26-37)22-16-10-8-6-4-2)23-33(34(39)40)36-35(41)42-25-32-30-19-13-11-17-28(30)29-18-12-14-20-31(29)32;3-2(4,5)1(6)7/h11-14,17-20,24,26,32-33H,3-10,15-16,21-23,25H2,1-2H3,(H-,36,39,40,41);(H,6,7)/t33-;/m0./s1. The lowest BCUT2D eigenvalue weighted by atomic mass is 9.98. The van der Waals surface area contributed by atoms with E-state index in [1.807, 2.05) is 24.3 Å². The zero-order valence-corrected chi connectivity index (χ0v) is 28.3. The number of aromatic nitrogens is 2. The molecule has 1 aliphatic rings. The number of hydrogen-bond acceptors (Lipinski definition) is 5. The maximum Gasteiger partial charge on any atom is 0.430 e. The number of alkyl carbamates (subject to hydrolysis) is 1. The Bertz CT molecular complexity index is 1460. The number of rotatable bonds is 18. The summed E-state index contributed by atoms with van der Waals surface area (Å²) in [7, 11) is 0. The highest BCUT2D eigenvalue weighted by atomic mass is 19.4. The van der Waals surface area contributed by atoms with Gasteiger partial charge < -0.3 is 25.1 Å². The minimum absolute atomic E-state index is 0.0762. The van der Waals surface area contributed by atoms with Gasteiger partial charge >= 0.3 is 18.2 Å². The van der Waals surface area contributed by atoms with Crippen molar-refractivity contribution >= 4 is 18.0 Å². The van der Waals surface area contributed by atoms with E-state index in [9.17, 15) is 27.9 Å². The molecule has 1 atom stereocenters. The van der Waals surface area contributed by atoms with Crippen LogP contribution in [0.4, 0.5) is 18.0 Å². The van der Waals surface area contributed by atoms with Crippen molar-refractivity contribution in [3.8, 4) is 11.1 Å². The molecule has 1 heterocycles. The molecule has 0 spiro atoms. The Kier molecular flexibility index (Phi) is 15.6. The molecule has 2 N–H and O–H groups in total. The number of imidazole rings is 1. The third kappa shape index (κ3) is 12.2. The Balaban J connectivity index is 0.000000838. The second kappa shape index (κ2) is 19.6. The molecule has 268 valence electrons. The molecular weight excluding hydrogens is 639 g/mol. The lowest BCUT2D eigenvalue weighted by Crippen LogP contribution is -2.43. The SMILES string of the molecule is CCCCCCCn1c[n+](CCCCCCC)cc1C[C@H](NC(=O)OCC1c2ccccc2-c2ccccc21)C(=O)O.O=C([O-])C(F)(F)F. The van der Waals surface area contributed by atoms with E-state index in [0.29, 0.717) is 0 Å². The fourth-order valence-electron chi connectivity index (χ4n) is 6.02. The maximum absolute atomic E-state index is 12.9. The molecule has 0 radical (unpaired) electrons. The van der Waals surface area contributed by atoms with Gasteiger partial charge in [-0.1, -0.05) is 101 Å². The van der Waals surface area contributed by atoms with Gasteiger partial charge in [-0.3, -0.25) is 0 Å². The van der Waals surface area contributed by atoms with Crippen LogP contribution >= 0.6 is 0 Å². The Morgan fingerprint density at radius 1 is 0.898 bits per heavy atom. The third-order valence-corrected chi connectivity index (χ3v) is 8.57. The molecule has 0 aliphatic heterocycles. The summed E-state index contributed by atoms with van der Waals surface area (Å²) in [6.07, 6.45) is 10.4. The van der Waals surface area contributed by atoms with Gasteiger partial charge in [0, 0.05) is 12.3 Å². The molecule has 12 heteroatoms. The number of unbranched alkanes of at least 4 members (excludes halogenated alkanes) is 8. The topological polar surface area (TPSA) is 125 Å². The summed E-state index contributed by atoms with van der Waals surface area (Å²) in [6.45, 7) is 6.34. The van der Waals surface area contributed by atoms with E-state index in [-0.39, 0.29) is 18.9 Å². The summed E-state index contributed by atoms with van der Waals surface area (Å²) in [5.74, 6) is -4.15. The molecule has 9 nitrogen and oxygen atoms in total. The number of halogens is 3. The number of aryl methyl sites for hydroxylation is 2. The zero-order valence-electron chi connectivity index (χ0n) is 28.3. The van der Waals surface area contributed by atoms with E-state index in [2.05, 4.69) is 65.1 Å². The summed E-state index contributed by atoms with van der Waals surface area (Å²) in [5.41, 5.74) is 5.47. The number of nitrogens with one attached hydrogen (secondary N) is 1. The number of benzene rings is 2. The summed E-state index contributed by atoms with van der Waals surface area (Å²) >= 11 is 0. The lowest BCUT2D eigenvalue weighted by molar-refractivity contribution is -0.697. The van der Waals surface area contributed by atoms with Crippen LogP contribution in [0.2, 0.25) is 0 Å². The van der Waals surface area contributed by atoms with Crippen LogP contribution in [0.15, 0.2) is 61.1 Å². The quantitative estimate of drug-likeness (QED) is 0.116. The van der Waals surface area contributed by atoms with Crippen LogP contribution in [-0.2, 0) is 33.8 Å². The summed E-state index contributed by atoms with van der Waals surface area (Å²) in [5, 5.41) is 21.5. The molecule has 3 aromatic rings. The number of hydrogen-bond donors (Lipinski definition) is 2. The number of carboxylic acid groups (broad SMARTS) is 2. The Morgan fingerprint density at radius 2 is 1.43 bits per heavy atom. The number of aliphatic carboxylic acids is 2. The van der Waals surface area contributed by atoms with Crippen LogP contribution in [0, 0.1) is 0 Å². The van der Waals surface area contributed by atoms with Gasteiger partial charge in [-0.2, -0.15) is 13.2 Å². The van der Waals surface area contributed by atoms with Crippen molar-refractivity contribution in [3.63, 3.8) is 0 Å². The number of fused-ring (bicyclic) bond motifs is 3. The lowest BCUT2D eigenvalue weighted by Gasteiger charge is -2.17. The molecule has 2 aromatic carbocycles. The summed E-state index contributed by atoms with van der Waals surface area (Å²) in [6, 6.07) is 15.3. The average Bonchev–Trinajstić information content (AvgIpc) is 3.60. The van der Waals surface area contributed by atoms with E-state index >= 15 is 0 Å². The van der Waals surface area contributed by atoms with E-state index in [0.717, 1.165) is 60.3 Å². The van der Waals surface area contributed by atoms with Gasteiger partial charge in [0.2, 0.25) is 6.33 Å². The fourth-order valence-corrected chi connectivity index (χ4v) is 6.02. The van der Waals surface area contributed by atoms with E-state index in [4.69, 9.17) is 14.6 Å². The second-order valence-electron chi connectivity index (χ2n) is 12.3. The number of carboxylic acids is 2. The molecule has 0 fully saturated rings. The van der Waals surface area contributed by atoms with Crippen LogP contribution < -0.4 is 15.0 Å². The fraction of sp³-hybridized carbons (Fsp3) is 0.514. The van der Waals surface area contributed by atoms with Crippen molar-refractivity contribution in [1.82, 2.24) is 9.88 Å². The van der Waals surface area contributed by atoms with Crippen molar-refractivity contribution in [2.45, 2.75) is 116 Å². The van der Waals surface area contributed by atoms with Gasteiger partial charge in [-0.25, -0.2) is 18.7 Å². The molecule has 0 bridgehead atoms. The minimum atomic E-state index is -5.19. The van der Waals surface area contributed by atoms with E-state index in [1.54, 1.807) is 0 Å². The Labute approximate surface area is 286 Å². The van der Waals surface area contributed by atoms with Crippen LogP contribution in [0.3, 0.4) is 0 Å². The van der Waals surface area contributed by atoms with Crippen molar-refractivity contribution in [1.29, 1.82) is 0 Å². The van der Waals surface area contributed by atoms with Crippen LogP contribution in [-0.4, -0.2) is 46.5 Å². The number of carbonyl (C=O) groups is 3. The summed E-state index contributed by atoms with van der Waals surface area (Å²) < 4.78 is 41.6. The smallest absolute Gasteiger partial charge is 0.430 e. The molecule has 0 unspecified atom stereocenters. The normalized spacial score (nSPS) is 12.8. The highest BCUT2D eigenvalue weighted by molar-refractivity contribution is 5.81. The molecule has 49 heavy (non-hydrogen) atoms. The number of carbonyl (C=O) groups excluding carboxylic acids is 2. The molecule has 0 saturated carbocycles. The van der Waals surface area contributed by atoms with E-state index in [1.165, 1.54) is 44.9 Å². The highest BCUT2D eigenvalue weighted by Crippen LogP contribution is 2.44. The predicted octanol–water partition coefficient (Wildman–Crippen LogP) is 6.55. The number of nitrogens with zero attached hydrogens (tertiary/aromatic N) is 2. The number of amides is 1. The van der Waals surface area contributed by atoms with Gasteiger partial charge in [0.25, 0.3) is 0 Å². The number of alkyl halides is 3. The predicted molar refractivity (Wildman–Crippen MR) is 177 cm³/mol. The maximum atomic E-state index is 12.9. The van der Waals surface area contributed by atoms with Gasteiger partial charge in [-0.15, -0.1) is 0 Å². The van der Waals surface area contributed by atoms with Crippen molar-refractivity contribution in [2.75, 3.05) is 6.61 Å². The van der Waals surface area contributed by atoms with Crippen molar-refractivity contribution in [3.05, 3.63) is 77.9 Å². The van der Waals surface area contributed by atoms with E-state index < -0.39 is 30.2 Å². The van der Waals surface area contributed by atoms with Gasteiger partial charge in [0.15, 0.2) is 0 Å². The average molecular weight is 688 g/mol. The second-order valence-corrected chi connectivity index (χ2v) is 12.3. The van der Waals surface area contributed by atoms with Gasteiger partial charge in [-0.05, 0) is 47.9 Å². The van der Waals surface area contributed by atoms with Gasteiger partial charge in [0.05, 0.1) is 13.1 Å². The first kappa shape index (κ1) is 39.1. The summed E-state index contributed by atoms with van der Waals surface area (Å²) in [4.78, 5) is 34.0. The van der Waals surface area contributed by atoms with Crippen LogP contribution in [0.5, 0.6) is 0 Å². The van der Waals surface area contributed by atoms with Gasteiger partial charge in [0.1, 0.15) is 30.5 Å². The minimum Gasteiger partial charge on any atom is -0.542 e. The molecule has 1 aliphatic carbocycles. The highest BCUT2D eigenvalue weighted by Gasteiger charge is 2.31. The van der Waals surface area contributed by atoms with Crippen LogP contribution in [0.1, 0.15) is 101 Å². The zero-order chi connectivity index (χ0) is 35.8. The van der Waals surface area contributed by atoms with Crippen molar-refractivity contribution < 1.29 is 47.1 Å².